The summed E-state index contributed by atoms with van der Waals surface area (Å²) in [7, 11) is 1.95. The molecule has 0 aliphatic rings. The minimum Gasteiger partial charge on any atom is -0.334 e. The second-order valence-electron chi connectivity index (χ2n) is 5.24. The van der Waals surface area contributed by atoms with Gasteiger partial charge in [0.2, 0.25) is 8.38 Å². The van der Waals surface area contributed by atoms with Crippen molar-refractivity contribution in [2.45, 2.75) is 20.8 Å². The summed E-state index contributed by atoms with van der Waals surface area (Å²) in [4.78, 5) is 13.1. The Bertz CT molecular complexity index is 667. The summed E-state index contributed by atoms with van der Waals surface area (Å²) in [6, 6.07) is 11.6. The van der Waals surface area contributed by atoms with Crippen molar-refractivity contribution in [3.8, 4) is 0 Å². The number of rotatable bonds is 5. The van der Waals surface area contributed by atoms with Crippen LogP contribution in [0, 0.1) is 20.8 Å². The van der Waals surface area contributed by atoms with Gasteiger partial charge >= 0.3 is 0 Å². The van der Waals surface area contributed by atoms with E-state index in [0.29, 0.717) is 5.56 Å². The number of carbonyl (C=O) groups is 1. The third kappa shape index (κ3) is 3.27. The highest BCUT2D eigenvalue weighted by Crippen LogP contribution is 2.36. The second-order valence-corrected chi connectivity index (χ2v) is 6.97. The Morgan fingerprint density at radius 2 is 1.50 bits per heavy atom. The summed E-state index contributed by atoms with van der Waals surface area (Å²) in [5.41, 5.74) is 4.57. The highest BCUT2D eigenvalue weighted by molar-refractivity contribution is 7.56. The van der Waals surface area contributed by atoms with Crippen LogP contribution in [0.2, 0.25) is 0 Å². The number of carbonyl (C=O) groups excluding carboxylic acids is 1. The first-order valence-electron chi connectivity index (χ1n) is 7.09. The van der Waals surface area contributed by atoms with Crippen molar-refractivity contribution in [3.63, 3.8) is 0 Å². The second kappa shape index (κ2) is 7.15. The van der Waals surface area contributed by atoms with E-state index in [9.17, 15) is 4.79 Å². The molecule has 116 valence electrons. The van der Waals surface area contributed by atoms with Crippen LogP contribution in [0.3, 0.4) is 0 Å². The molecule has 0 N–H and O–H groups in total. The van der Waals surface area contributed by atoms with Gasteiger partial charge in [-0.2, -0.15) is 0 Å². The maximum absolute atomic E-state index is 13.1. The largest absolute Gasteiger partial charge is 0.334 e. The van der Waals surface area contributed by atoms with Gasteiger partial charge in [0.05, 0.1) is 0 Å². The quantitative estimate of drug-likeness (QED) is 0.616. The summed E-state index contributed by atoms with van der Waals surface area (Å²) in [6.45, 7) is 5.99. The molecule has 0 atom stereocenters. The zero-order chi connectivity index (χ0) is 16.3. The predicted molar refractivity (Wildman–Crippen MR) is 91.1 cm³/mol. The molecule has 2 rings (SSSR count). The lowest BCUT2D eigenvalue weighted by Gasteiger charge is -2.17. The van der Waals surface area contributed by atoms with Crippen LogP contribution in [0.25, 0.3) is 0 Å². The third-order valence-electron chi connectivity index (χ3n) is 3.58. The Kier molecular flexibility index (Phi) is 5.47. The lowest BCUT2D eigenvalue weighted by molar-refractivity contribution is 0.103. The lowest BCUT2D eigenvalue weighted by atomic mass is 9.93. The van der Waals surface area contributed by atoms with Crippen LogP contribution >= 0.6 is 8.38 Å². The Balaban J connectivity index is 2.56. The van der Waals surface area contributed by atoms with Crippen molar-refractivity contribution in [2.24, 2.45) is 0 Å². The standard InChI is InChI=1S/C18H21O3P/c1-12-10-13(2)17(14(3)11-12)18(19)15-8-6-7-9-16(15)22(20-4)21-5/h6-11H,1-5H3. The summed E-state index contributed by atoms with van der Waals surface area (Å²) in [5, 5.41) is 0.812. The topological polar surface area (TPSA) is 35.5 Å². The number of aryl methyl sites for hydroxylation is 3. The molecule has 0 aliphatic carbocycles. The summed E-state index contributed by atoms with van der Waals surface area (Å²) in [6.07, 6.45) is 0. The smallest absolute Gasteiger partial charge is 0.205 e. The van der Waals surface area contributed by atoms with E-state index in [0.717, 1.165) is 27.6 Å². The third-order valence-corrected chi connectivity index (χ3v) is 5.03. The van der Waals surface area contributed by atoms with Crippen LogP contribution in [0.5, 0.6) is 0 Å². The monoisotopic (exact) mass is 316 g/mol. The van der Waals surface area contributed by atoms with Crippen LogP contribution in [-0.2, 0) is 9.05 Å². The van der Waals surface area contributed by atoms with Gasteiger partial charge in [0.25, 0.3) is 0 Å². The first kappa shape index (κ1) is 16.8. The van der Waals surface area contributed by atoms with Gasteiger partial charge in [-0.3, -0.25) is 4.79 Å². The van der Waals surface area contributed by atoms with E-state index in [1.54, 1.807) is 14.2 Å². The molecule has 0 aliphatic heterocycles. The SMILES string of the molecule is COP(OC)c1ccccc1C(=O)c1c(C)cc(C)cc1C. The fourth-order valence-corrected chi connectivity index (χ4v) is 3.89. The van der Waals surface area contributed by atoms with Crippen LogP contribution < -0.4 is 5.30 Å². The van der Waals surface area contributed by atoms with Gasteiger partial charge in [0.1, 0.15) is 0 Å². The van der Waals surface area contributed by atoms with E-state index in [1.165, 1.54) is 0 Å². The normalized spacial score (nSPS) is 11.0. The van der Waals surface area contributed by atoms with Gasteiger partial charge in [-0.15, -0.1) is 0 Å². The number of hydrogen-bond acceptors (Lipinski definition) is 3. The Hall–Kier alpha value is -1.54. The van der Waals surface area contributed by atoms with Gasteiger partial charge in [-0.05, 0) is 38.0 Å². The fraction of sp³-hybridized carbons (Fsp3) is 0.278. The molecule has 4 heteroatoms. The molecule has 2 aromatic rings. The Labute approximate surface area is 133 Å². The Morgan fingerprint density at radius 1 is 0.955 bits per heavy atom. The van der Waals surface area contributed by atoms with Crippen molar-refractivity contribution in [1.29, 1.82) is 0 Å². The van der Waals surface area contributed by atoms with Gasteiger partial charge in [-0.1, -0.05) is 35.9 Å². The molecule has 0 saturated heterocycles. The number of hydrogen-bond donors (Lipinski definition) is 0. The molecular weight excluding hydrogens is 295 g/mol. The predicted octanol–water partition coefficient (Wildman–Crippen LogP) is 4.07. The van der Waals surface area contributed by atoms with Crippen molar-refractivity contribution in [2.75, 3.05) is 14.2 Å². The van der Waals surface area contributed by atoms with Crippen LogP contribution in [0.15, 0.2) is 36.4 Å². The fourth-order valence-electron chi connectivity index (χ4n) is 2.77. The zero-order valence-corrected chi connectivity index (χ0v) is 14.5. The summed E-state index contributed by atoms with van der Waals surface area (Å²) >= 11 is 0. The van der Waals surface area contributed by atoms with E-state index in [1.807, 2.05) is 57.2 Å². The molecule has 2 aromatic carbocycles. The van der Waals surface area contributed by atoms with E-state index < -0.39 is 8.38 Å². The van der Waals surface area contributed by atoms with Crippen LogP contribution in [-0.4, -0.2) is 20.0 Å². The van der Waals surface area contributed by atoms with Crippen molar-refractivity contribution in [3.05, 3.63) is 64.2 Å². The van der Waals surface area contributed by atoms with Crippen LogP contribution in [0.1, 0.15) is 32.6 Å². The number of ketones is 1. The molecular formula is C18H21O3P. The molecule has 0 spiro atoms. The molecule has 0 heterocycles. The molecule has 0 fully saturated rings. The molecule has 0 saturated carbocycles. The van der Waals surface area contributed by atoms with E-state index in [2.05, 4.69) is 0 Å². The lowest BCUT2D eigenvalue weighted by Crippen LogP contribution is -2.18. The molecule has 0 bridgehead atoms. The minimum atomic E-state index is -1.24. The van der Waals surface area contributed by atoms with Crippen LogP contribution in [0.4, 0.5) is 0 Å². The first-order chi connectivity index (χ1) is 10.5. The summed E-state index contributed by atoms with van der Waals surface area (Å²) in [5.74, 6) is 0.0206. The van der Waals surface area contributed by atoms with E-state index in [4.69, 9.17) is 9.05 Å². The Morgan fingerprint density at radius 3 is 2.05 bits per heavy atom. The molecule has 0 radical (unpaired) electrons. The van der Waals surface area contributed by atoms with E-state index >= 15 is 0 Å². The average molecular weight is 316 g/mol. The maximum Gasteiger partial charge on any atom is 0.205 e. The van der Waals surface area contributed by atoms with Gasteiger partial charge in [-0.25, -0.2) is 0 Å². The van der Waals surface area contributed by atoms with Crippen molar-refractivity contribution < 1.29 is 13.8 Å². The first-order valence-corrected chi connectivity index (χ1v) is 8.27. The van der Waals surface area contributed by atoms with Gasteiger partial charge < -0.3 is 9.05 Å². The van der Waals surface area contributed by atoms with Crippen molar-refractivity contribution >= 4 is 19.5 Å². The average Bonchev–Trinajstić information content (AvgIpc) is 2.48. The molecule has 3 nitrogen and oxygen atoms in total. The highest BCUT2D eigenvalue weighted by atomic mass is 31.2. The highest BCUT2D eigenvalue weighted by Gasteiger charge is 2.22. The molecule has 22 heavy (non-hydrogen) atoms. The van der Waals surface area contributed by atoms with E-state index in [-0.39, 0.29) is 5.78 Å². The van der Waals surface area contributed by atoms with Gasteiger partial charge in [0, 0.05) is 30.7 Å². The zero-order valence-electron chi connectivity index (χ0n) is 13.6. The molecule has 0 unspecified atom stereocenters. The molecule has 0 aromatic heterocycles. The van der Waals surface area contributed by atoms with Gasteiger partial charge in [0.15, 0.2) is 5.78 Å². The summed E-state index contributed by atoms with van der Waals surface area (Å²) < 4.78 is 10.8. The van der Waals surface area contributed by atoms with Crippen molar-refractivity contribution in [1.82, 2.24) is 0 Å². The molecule has 0 amide bonds. The number of benzene rings is 2. The minimum absolute atomic E-state index is 0.0206. The maximum atomic E-state index is 13.1.